The van der Waals surface area contributed by atoms with Crippen molar-refractivity contribution >= 4 is 11.9 Å². The van der Waals surface area contributed by atoms with Gasteiger partial charge >= 0.3 is 0 Å². The zero-order valence-electron chi connectivity index (χ0n) is 13.9. The third kappa shape index (κ3) is 5.56. The van der Waals surface area contributed by atoms with E-state index in [0.29, 0.717) is 17.9 Å². The Morgan fingerprint density at radius 3 is 2.96 bits per heavy atom. The van der Waals surface area contributed by atoms with Gasteiger partial charge in [0.25, 0.3) is 11.9 Å². The second-order valence-electron chi connectivity index (χ2n) is 5.63. The lowest BCUT2D eigenvalue weighted by molar-refractivity contribution is 0.0955. The molecule has 6 nitrogen and oxygen atoms in total. The third-order valence-corrected chi connectivity index (χ3v) is 3.36. The molecule has 1 aliphatic rings. The van der Waals surface area contributed by atoms with Crippen molar-refractivity contribution in [1.82, 2.24) is 5.32 Å². The molecule has 0 unspecified atom stereocenters. The van der Waals surface area contributed by atoms with Gasteiger partial charge in [-0.3, -0.25) is 10.1 Å². The summed E-state index contributed by atoms with van der Waals surface area (Å²) in [7, 11) is 1.56. The van der Waals surface area contributed by atoms with Crippen molar-refractivity contribution in [2.24, 2.45) is 4.99 Å². The van der Waals surface area contributed by atoms with Crippen molar-refractivity contribution in [3.8, 4) is 5.75 Å². The van der Waals surface area contributed by atoms with E-state index in [1.165, 1.54) is 0 Å². The highest BCUT2D eigenvalue weighted by Gasteiger charge is 2.17. The molecular formula is C17H24N2O4. The molecule has 6 heteroatoms. The Labute approximate surface area is 136 Å². The van der Waals surface area contributed by atoms with Crippen molar-refractivity contribution in [2.45, 2.75) is 38.9 Å². The molecule has 126 valence electrons. The molecule has 2 rings (SSSR count). The average molecular weight is 320 g/mol. The predicted octanol–water partition coefficient (Wildman–Crippen LogP) is 2.39. The number of ether oxygens (including phenoxy) is 3. The molecule has 0 bridgehead atoms. The number of nitrogens with one attached hydrogen (secondary N) is 1. The van der Waals surface area contributed by atoms with Crippen LogP contribution in [0.1, 0.15) is 37.0 Å². The Hall–Kier alpha value is -2.08. The van der Waals surface area contributed by atoms with Crippen LogP contribution in [0, 0.1) is 0 Å². The number of amidine groups is 1. The van der Waals surface area contributed by atoms with E-state index in [1.807, 2.05) is 13.8 Å². The van der Waals surface area contributed by atoms with E-state index in [9.17, 15) is 4.79 Å². The van der Waals surface area contributed by atoms with Crippen LogP contribution in [0.3, 0.4) is 0 Å². The molecule has 1 fully saturated rings. The van der Waals surface area contributed by atoms with E-state index >= 15 is 0 Å². The molecule has 1 N–H and O–H groups in total. The van der Waals surface area contributed by atoms with Gasteiger partial charge in [-0.1, -0.05) is 6.07 Å². The van der Waals surface area contributed by atoms with Crippen molar-refractivity contribution < 1.29 is 19.0 Å². The molecular weight excluding hydrogens is 296 g/mol. The molecule has 0 radical (unpaired) electrons. The zero-order chi connectivity index (χ0) is 16.7. The summed E-state index contributed by atoms with van der Waals surface area (Å²) in [6, 6.07) is 7.16. The van der Waals surface area contributed by atoms with Gasteiger partial charge in [-0.2, -0.15) is 0 Å². The van der Waals surface area contributed by atoms with Gasteiger partial charge < -0.3 is 14.2 Å². The van der Waals surface area contributed by atoms with E-state index in [0.717, 1.165) is 19.4 Å². The number of carbonyl (C=O) groups is 1. The van der Waals surface area contributed by atoms with Crippen molar-refractivity contribution in [1.29, 1.82) is 0 Å². The van der Waals surface area contributed by atoms with Gasteiger partial charge in [-0.15, -0.1) is 0 Å². The molecule has 1 aromatic rings. The molecule has 0 aromatic heterocycles. The number of methoxy groups -OCH3 is 1. The molecule has 1 amide bonds. The fraction of sp³-hybridized carbons (Fsp3) is 0.529. The average Bonchev–Trinajstić information content (AvgIpc) is 3.05. The number of rotatable bonds is 5. The summed E-state index contributed by atoms with van der Waals surface area (Å²) in [5.74, 6) is 0.343. The quantitative estimate of drug-likeness (QED) is 0.668. The summed E-state index contributed by atoms with van der Waals surface area (Å²) in [6.07, 6.45) is 2.07. The Bertz CT molecular complexity index is 551. The summed E-state index contributed by atoms with van der Waals surface area (Å²) < 4.78 is 16.3. The standard InChI is InChI=1S/C17H24N2O4/c1-12(2)23-17(18-11-15-8-5-9-22-15)19-16(20)13-6-4-7-14(10-13)21-3/h4,6-7,10,12,15H,5,8-9,11H2,1-3H3,(H,18,19,20)/t15-/m1/s1. The van der Waals surface area contributed by atoms with Crippen molar-refractivity contribution in [3.63, 3.8) is 0 Å². The predicted molar refractivity (Wildman–Crippen MR) is 88.0 cm³/mol. The largest absolute Gasteiger partial charge is 0.497 e. The second kappa shape index (κ2) is 8.53. The van der Waals surface area contributed by atoms with Gasteiger partial charge in [-0.05, 0) is 44.9 Å². The summed E-state index contributed by atoms with van der Waals surface area (Å²) >= 11 is 0. The Kier molecular flexibility index (Phi) is 6.40. The van der Waals surface area contributed by atoms with E-state index in [2.05, 4.69) is 10.3 Å². The maximum atomic E-state index is 12.3. The first-order valence-electron chi connectivity index (χ1n) is 7.86. The molecule has 1 atom stereocenters. The van der Waals surface area contributed by atoms with Crippen LogP contribution < -0.4 is 10.1 Å². The smallest absolute Gasteiger partial charge is 0.292 e. The number of hydrogen-bond donors (Lipinski definition) is 1. The fourth-order valence-corrected chi connectivity index (χ4v) is 2.24. The van der Waals surface area contributed by atoms with Crippen molar-refractivity contribution in [3.05, 3.63) is 29.8 Å². The van der Waals surface area contributed by atoms with Gasteiger partial charge in [-0.25, -0.2) is 4.99 Å². The molecule has 0 saturated carbocycles. The fourth-order valence-electron chi connectivity index (χ4n) is 2.24. The monoisotopic (exact) mass is 320 g/mol. The van der Waals surface area contributed by atoms with Crippen LogP contribution in [0.5, 0.6) is 5.75 Å². The zero-order valence-corrected chi connectivity index (χ0v) is 13.9. The number of carbonyl (C=O) groups excluding carboxylic acids is 1. The third-order valence-electron chi connectivity index (χ3n) is 3.36. The lowest BCUT2D eigenvalue weighted by Crippen LogP contribution is -2.35. The van der Waals surface area contributed by atoms with Crippen LogP contribution >= 0.6 is 0 Å². The van der Waals surface area contributed by atoms with E-state index < -0.39 is 0 Å². The van der Waals surface area contributed by atoms with Crippen LogP contribution in [0.15, 0.2) is 29.3 Å². The normalized spacial score (nSPS) is 18.1. The summed E-state index contributed by atoms with van der Waals surface area (Å²) in [6.45, 7) is 5.04. The molecule has 1 saturated heterocycles. The maximum absolute atomic E-state index is 12.3. The first kappa shape index (κ1) is 17.3. The lowest BCUT2D eigenvalue weighted by Gasteiger charge is -2.14. The first-order valence-corrected chi connectivity index (χ1v) is 7.86. The number of amides is 1. The van der Waals surface area contributed by atoms with E-state index in [4.69, 9.17) is 14.2 Å². The topological polar surface area (TPSA) is 69.2 Å². The maximum Gasteiger partial charge on any atom is 0.292 e. The van der Waals surface area contributed by atoms with Crippen LogP contribution in [0.25, 0.3) is 0 Å². The molecule has 1 heterocycles. The van der Waals surface area contributed by atoms with Gasteiger partial charge in [0.15, 0.2) is 0 Å². The summed E-state index contributed by atoms with van der Waals surface area (Å²) in [5.41, 5.74) is 0.488. The molecule has 1 aliphatic heterocycles. The van der Waals surface area contributed by atoms with Gasteiger partial charge in [0.2, 0.25) is 0 Å². The van der Waals surface area contributed by atoms with Gasteiger partial charge in [0.1, 0.15) is 5.75 Å². The molecule has 23 heavy (non-hydrogen) atoms. The summed E-state index contributed by atoms with van der Waals surface area (Å²) in [5, 5.41) is 2.72. The minimum atomic E-state index is -0.282. The van der Waals surface area contributed by atoms with Crippen LogP contribution in [0.2, 0.25) is 0 Å². The lowest BCUT2D eigenvalue weighted by atomic mass is 10.2. The summed E-state index contributed by atoms with van der Waals surface area (Å²) in [4.78, 5) is 16.7. The Morgan fingerprint density at radius 2 is 2.30 bits per heavy atom. The number of nitrogens with zero attached hydrogens (tertiary/aromatic N) is 1. The minimum Gasteiger partial charge on any atom is -0.497 e. The molecule has 1 aromatic carbocycles. The number of benzene rings is 1. The Morgan fingerprint density at radius 1 is 1.48 bits per heavy atom. The van der Waals surface area contributed by atoms with E-state index in [1.54, 1.807) is 31.4 Å². The van der Waals surface area contributed by atoms with Crippen molar-refractivity contribution in [2.75, 3.05) is 20.3 Å². The highest BCUT2D eigenvalue weighted by atomic mass is 16.5. The molecule has 0 spiro atoms. The van der Waals surface area contributed by atoms with Crippen LogP contribution in [0.4, 0.5) is 0 Å². The van der Waals surface area contributed by atoms with Gasteiger partial charge in [0, 0.05) is 12.2 Å². The highest BCUT2D eigenvalue weighted by molar-refractivity contribution is 6.04. The highest BCUT2D eigenvalue weighted by Crippen LogP contribution is 2.13. The van der Waals surface area contributed by atoms with Crippen LogP contribution in [-0.2, 0) is 9.47 Å². The molecule has 0 aliphatic carbocycles. The Balaban J connectivity index is 2.03. The SMILES string of the molecule is COc1cccc(C(=O)NC(=NC[C@H]2CCCO2)OC(C)C)c1. The van der Waals surface area contributed by atoms with E-state index in [-0.39, 0.29) is 24.1 Å². The van der Waals surface area contributed by atoms with Crippen LogP contribution in [-0.4, -0.2) is 44.4 Å². The second-order valence-corrected chi connectivity index (χ2v) is 5.63. The minimum absolute atomic E-state index is 0.0798. The number of aliphatic imine (C=N–C) groups is 1. The van der Waals surface area contributed by atoms with Gasteiger partial charge in [0.05, 0.1) is 25.9 Å². The number of hydrogen-bond acceptors (Lipinski definition) is 5. The first-order chi connectivity index (χ1) is 11.1.